The number of hydrogen-bond acceptors (Lipinski definition) is 6. The van der Waals surface area contributed by atoms with Gasteiger partial charge in [-0.2, -0.15) is 0 Å². The standard InChI is InChI=1S/C22H33F3N4O6/c1-12(2)9-15(28-19(33)20(34)29-21(3)6-7-21)18(32)27-14(16(30)11-35-22(23,24)25)10-13-5-4-8-26-17(13)31/h12-15H,4-11H2,1-3H3,(H,26,31)(H,27,32)(H,28,33)(H,29,34)/t13-,14-,15-/m0/s1. The molecule has 10 nitrogen and oxygen atoms in total. The van der Waals surface area contributed by atoms with Crippen molar-refractivity contribution in [2.24, 2.45) is 11.8 Å². The smallest absolute Gasteiger partial charge is 0.356 e. The van der Waals surface area contributed by atoms with Crippen LogP contribution in [0.3, 0.4) is 0 Å². The molecule has 0 aromatic rings. The molecule has 2 fully saturated rings. The molecule has 0 radical (unpaired) electrons. The monoisotopic (exact) mass is 506 g/mol. The number of halogens is 3. The van der Waals surface area contributed by atoms with E-state index in [2.05, 4.69) is 26.0 Å². The van der Waals surface area contributed by atoms with Crippen LogP contribution in [0.2, 0.25) is 0 Å². The molecular weight excluding hydrogens is 473 g/mol. The number of nitrogens with one attached hydrogen (secondary N) is 4. The lowest BCUT2D eigenvalue weighted by atomic mass is 9.90. The van der Waals surface area contributed by atoms with E-state index in [-0.39, 0.29) is 24.7 Å². The van der Waals surface area contributed by atoms with Crippen LogP contribution in [0, 0.1) is 11.8 Å². The van der Waals surface area contributed by atoms with Gasteiger partial charge in [0.25, 0.3) is 0 Å². The average Bonchev–Trinajstić information content (AvgIpc) is 3.47. The van der Waals surface area contributed by atoms with Gasteiger partial charge in [-0.15, -0.1) is 13.2 Å². The van der Waals surface area contributed by atoms with E-state index in [1.54, 1.807) is 20.8 Å². The molecule has 0 aromatic carbocycles. The normalized spacial score (nSPS) is 20.9. The van der Waals surface area contributed by atoms with Crippen molar-refractivity contribution < 1.29 is 41.9 Å². The van der Waals surface area contributed by atoms with Crippen LogP contribution in [0.4, 0.5) is 13.2 Å². The van der Waals surface area contributed by atoms with E-state index >= 15 is 0 Å². The number of amides is 4. The molecule has 1 saturated heterocycles. The van der Waals surface area contributed by atoms with Crippen LogP contribution in [-0.2, 0) is 28.7 Å². The van der Waals surface area contributed by atoms with E-state index in [1.165, 1.54) is 0 Å². The van der Waals surface area contributed by atoms with Gasteiger partial charge in [0.1, 0.15) is 12.6 Å². The third-order valence-electron chi connectivity index (χ3n) is 5.95. The van der Waals surface area contributed by atoms with Crippen molar-refractivity contribution in [2.45, 2.75) is 83.3 Å². The van der Waals surface area contributed by atoms with Gasteiger partial charge in [0.15, 0.2) is 5.78 Å². The number of alkyl halides is 3. The van der Waals surface area contributed by atoms with E-state index in [0.717, 1.165) is 12.8 Å². The molecule has 2 rings (SSSR count). The van der Waals surface area contributed by atoms with Gasteiger partial charge in [-0.3, -0.25) is 28.7 Å². The van der Waals surface area contributed by atoms with E-state index in [4.69, 9.17) is 0 Å². The number of hydrogen-bond donors (Lipinski definition) is 4. The Morgan fingerprint density at radius 1 is 1.11 bits per heavy atom. The molecule has 4 amide bonds. The van der Waals surface area contributed by atoms with Crippen LogP contribution in [0.25, 0.3) is 0 Å². The molecule has 2 aliphatic rings. The van der Waals surface area contributed by atoms with Crippen molar-refractivity contribution in [1.29, 1.82) is 0 Å². The first-order chi connectivity index (χ1) is 16.2. The molecule has 0 unspecified atom stereocenters. The van der Waals surface area contributed by atoms with Crippen molar-refractivity contribution in [3.63, 3.8) is 0 Å². The summed E-state index contributed by atoms with van der Waals surface area (Å²) in [4.78, 5) is 62.2. The quantitative estimate of drug-likeness (QED) is 0.304. The number of ether oxygens (including phenoxy) is 1. The van der Waals surface area contributed by atoms with E-state index < -0.39 is 60.0 Å². The van der Waals surface area contributed by atoms with Gasteiger partial charge in [-0.25, -0.2) is 0 Å². The van der Waals surface area contributed by atoms with Gasteiger partial charge in [0.05, 0.1) is 6.04 Å². The maximum Gasteiger partial charge on any atom is 0.522 e. The van der Waals surface area contributed by atoms with Crippen LogP contribution in [-0.4, -0.2) is 66.5 Å². The highest BCUT2D eigenvalue weighted by atomic mass is 19.4. The number of carbonyl (C=O) groups is 5. The summed E-state index contributed by atoms with van der Waals surface area (Å²) in [5, 5.41) is 9.91. The summed E-state index contributed by atoms with van der Waals surface area (Å²) in [5.41, 5.74) is -0.458. The Bertz CT molecular complexity index is 828. The first-order valence-electron chi connectivity index (χ1n) is 11.6. The zero-order valence-electron chi connectivity index (χ0n) is 20.0. The first kappa shape index (κ1) is 28.5. The molecule has 1 saturated carbocycles. The molecule has 0 bridgehead atoms. The molecule has 198 valence electrons. The molecule has 1 aliphatic carbocycles. The van der Waals surface area contributed by atoms with E-state index in [9.17, 15) is 37.1 Å². The molecular formula is C22H33F3N4O6. The lowest BCUT2D eigenvalue weighted by Crippen LogP contribution is -2.56. The maximum atomic E-state index is 13.0. The number of piperidine rings is 1. The van der Waals surface area contributed by atoms with Gasteiger partial charge in [0, 0.05) is 18.0 Å². The van der Waals surface area contributed by atoms with Crippen LogP contribution < -0.4 is 21.3 Å². The minimum atomic E-state index is -5.05. The Labute approximate surface area is 201 Å². The topological polar surface area (TPSA) is 143 Å². The fraction of sp³-hybridized carbons (Fsp3) is 0.773. The lowest BCUT2D eigenvalue weighted by Gasteiger charge is -2.28. The zero-order chi connectivity index (χ0) is 26.4. The van der Waals surface area contributed by atoms with Gasteiger partial charge in [-0.1, -0.05) is 13.8 Å². The largest absolute Gasteiger partial charge is 0.522 e. The predicted octanol–water partition coefficient (Wildman–Crippen LogP) is 0.693. The molecule has 1 aliphatic heterocycles. The van der Waals surface area contributed by atoms with Gasteiger partial charge in [-0.05, 0) is 51.4 Å². The average molecular weight is 507 g/mol. The highest BCUT2D eigenvalue weighted by molar-refractivity contribution is 6.35. The number of Topliss-reactive ketones (excluding diaryl/α,β-unsaturated/α-hetero) is 1. The zero-order valence-corrected chi connectivity index (χ0v) is 20.0. The molecule has 4 N–H and O–H groups in total. The Morgan fingerprint density at radius 3 is 2.31 bits per heavy atom. The van der Waals surface area contributed by atoms with Gasteiger partial charge in [0.2, 0.25) is 11.8 Å². The van der Waals surface area contributed by atoms with Gasteiger partial charge >= 0.3 is 18.2 Å². The summed E-state index contributed by atoms with van der Waals surface area (Å²) in [5.74, 6) is -5.01. The summed E-state index contributed by atoms with van der Waals surface area (Å²) in [7, 11) is 0. The highest BCUT2D eigenvalue weighted by Crippen LogP contribution is 2.34. The minimum Gasteiger partial charge on any atom is -0.356 e. The number of ketones is 1. The van der Waals surface area contributed by atoms with Gasteiger partial charge < -0.3 is 21.3 Å². The second-order valence-electron chi connectivity index (χ2n) is 9.80. The fourth-order valence-corrected chi connectivity index (χ4v) is 3.71. The summed E-state index contributed by atoms with van der Waals surface area (Å²) in [6.07, 6.45) is -2.71. The van der Waals surface area contributed by atoms with Crippen LogP contribution in [0.15, 0.2) is 0 Å². The second-order valence-corrected chi connectivity index (χ2v) is 9.80. The molecule has 0 aromatic heterocycles. The van der Waals surface area contributed by atoms with Crippen molar-refractivity contribution >= 4 is 29.4 Å². The summed E-state index contributed by atoms with van der Waals surface area (Å²) in [6.45, 7) is 4.41. The van der Waals surface area contributed by atoms with E-state index in [0.29, 0.717) is 19.4 Å². The van der Waals surface area contributed by atoms with Crippen molar-refractivity contribution in [1.82, 2.24) is 21.3 Å². The SMILES string of the molecule is CC(C)C[C@H](NC(=O)C(=O)NC1(C)CC1)C(=O)N[C@@H](C[C@@H]1CCCNC1=O)C(=O)COC(F)(F)F. The Kier molecular flexibility index (Phi) is 9.64. The first-order valence-corrected chi connectivity index (χ1v) is 11.6. The van der Waals surface area contributed by atoms with Crippen LogP contribution in [0.5, 0.6) is 0 Å². The number of rotatable bonds is 11. The van der Waals surface area contributed by atoms with Crippen LogP contribution in [0.1, 0.15) is 59.3 Å². The summed E-state index contributed by atoms with van der Waals surface area (Å²) < 4.78 is 41.0. The van der Waals surface area contributed by atoms with Crippen LogP contribution >= 0.6 is 0 Å². The summed E-state index contributed by atoms with van der Waals surface area (Å²) >= 11 is 0. The molecule has 0 spiro atoms. The molecule has 13 heteroatoms. The third-order valence-corrected chi connectivity index (χ3v) is 5.95. The predicted molar refractivity (Wildman–Crippen MR) is 116 cm³/mol. The van der Waals surface area contributed by atoms with Crippen molar-refractivity contribution in [3.05, 3.63) is 0 Å². The molecule has 35 heavy (non-hydrogen) atoms. The molecule has 1 heterocycles. The highest BCUT2D eigenvalue weighted by Gasteiger charge is 2.41. The lowest BCUT2D eigenvalue weighted by molar-refractivity contribution is -0.321. The second kappa shape index (κ2) is 11.8. The van der Waals surface area contributed by atoms with E-state index in [1.807, 2.05) is 0 Å². The number of carbonyl (C=O) groups excluding carboxylic acids is 5. The van der Waals surface area contributed by atoms with Crippen molar-refractivity contribution in [2.75, 3.05) is 13.2 Å². The Balaban J connectivity index is 2.11. The third kappa shape index (κ3) is 9.82. The maximum absolute atomic E-state index is 13.0. The summed E-state index contributed by atoms with van der Waals surface area (Å²) in [6, 6.07) is -2.68. The fourth-order valence-electron chi connectivity index (χ4n) is 3.71. The molecule has 3 atom stereocenters. The minimum absolute atomic E-state index is 0.103. The Hall–Kier alpha value is -2.70. The van der Waals surface area contributed by atoms with Crippen molar-refractivity contribution in [3.8, 4) is 0 Å². The Morgan fingerprint density at radius 2 is 1.77 bits per heavy atom.